The molecule has 1 aliphatic rings. The average molecular weight is 287 g/mol. The number of hydrogen-bond acceptors (Lipinski definition) is 0. The van der Waals surface area contributed by atoms with Gasteiger partial charge in [0.25, 0.3) is 0 Å². The molecule has 0 fully saturated rings. The Bertz CT molecular complexity index is 749. The summed E-state index contributed by atoms with van der Waals surface area (Å²) < 4.78 is 27.5. The molecular formula is C17H9ClF2. The Morgan fingerprint density at radius 3 is 2.35 bits per heavy atom. The normalized spacial score (nSPS) is 15.6. The lowest BCUT2D eigenvalue weighted by atomic mass is 10.2. The fraction of sp³-hybridized carbons (Fsp3) is 0.0588. The molecule has 1 aliphatic carbocycles. The fourth-order valence-electron chi connectivity index (χ4n) is 2.00. The van der Waals surface area contributed by atoms with E-state index in [1.807, 2.05) is 18.2 Å². The van der Waals surface area contributed by atoms with Gasteiger partial charge in [0, 0.05) is 10.6 Å². The van der Waals surface area contributed by atoms with Gasteiger partial charge in [0.15, 0.2) is 0 Å². The van der Waals surface area contributed by atoms with Crippen LogP contribution in [0.3, 0.4) is 0 Å². The minimum atomic E-state index is -2.94. The predicted molar refractivity (Wildman–Crippen MR) is 76.6 cm³/mol. The fourth-order valence-corrected chi connectivity index (χ4v) is 2.19. The summed E-state index contributed by atoms with van der Waals surface area (Å²) in [5, 5.41) is 0.438. The van der Waals surface area contributed by atoms with Gasteiger partial charge in [-0.25, -0.2) is 0 Å². The highest BCUT2D eigenvalue weighted by Crippen LogP contribution is 2.54. The molecule has 2 aromatic rings. The molecule has 98 valence electrons. The van der Waals surface area contributed by atoms with Gasteiger partial charge < -0.3 is 0 Å². The molecule has 0 N–H and O–H groups in total. The molecule has 0 unspecified atom stereocenters. The van der Waals surface area contributed by atoms with E-state index < -0.39 is 5.92 Å². The number of allylic oxidation sites excluding steroid dienone is 2. The Kier molecular flexibility index (Phi) is 3.08. The molecule has 2 aromatic carbocycles. The van der Waals surface area contributed by atoms with Gasteiger partial charge in [-0.1, -0.05) is 53.8 Å². The van der Waals surface area contributed by atoms with Crippen LogP contribution < -0.4 is 0 Å². The summed E-state index contributed by atoms with van der Waals surface area (Å²) in [4.78, 5) is 0. The highest BCUT2D eigenvalue weighted by molar-refractivity contribution is 6.30. The molecule has 0 atom stereocenters. The van der Waals surface area contributed by atoms with E-state index in [0.29, 0.717) is 16.1 Å². The molecule has 0 nitrogen and oxygen atoms in total. The third-order valence-corrected chi connectivity index (χ3v) is 3.27. The largest absolute Gasteiger partial charge is 0.308 e. The third kappa shape index (κ3) is 2.33. The molecule has 3 heteroatoms. The standard InChI is InChI=1S/C17H9ClF2/c18-14-8-4-7-13(11-14)16-15(17(16,19)20)10-9-12-5-2-1-3-6-12/h1-8,11H. The van der Waals surface area contributed by atoms with E-state index in [0.717, 1.165) is 0 Å². The van der Waals surface area contributed by atoms with Crippen LogP contribution in [0.5, 0.6) is 0 Å². The number of alkyl halides is 2. The molecule has 0 heterocycles. The van der Waals surface area contributed by atoms with Crippen molar-refractivity contribution in [2.75, 3.05) is 0 Å². The van der Waals surface area contributed by atoms with Crippen molar-refractivity contribution in [3.8, 4) is 11.8 Å². The van der Waals surface area contributed by atoms with Crippen molar-refractivity contribution in [2.45, 2.75) is 5.92 Å². The molecule has 0 saturated heterocycles. The molecule has 0 bridgehead atoms. The first-order chi connectivity index (χ1) is 9.59. The summed E-state index contributed by atoms with van der Waals surface area (Å²) in [5.74, 6) is 2.39. The SMILES string of the molecule is FC1(F)C(C#Cc2ccccc2)=C1c1cccc(Cl)c1. The first-order valence-electron chi connectivity index (χ1n) is 6.05. The van der Waals surface area contributed by atoms with Gasteiger partial charge in [0.05, 0.1) is 11.1 Å². The van der Waals surface area contributed by atoms with Gasteiger partial charge >= 0.3 is 5.92 Å². The van der Waals surface area contributed by atoms with Crippen LogP contribution in [0.4, 0.5) is 8.78 Å². The zero-order valence-corrected chi connectivity index (χ0v) is 11.1. The third-order valence-electron chi connectivity index (χ3n) is 3.03. The Morgan fingerprint density at radius 1 is 0.900 bits per heavy atom. The summed E-state index contributed by atoms with van der Waals surface area (Å²) in [6, 6.07) is 15.5. The zero-order chi connectivity index (χ0) is 14.2. The van der Waals surface area contributed by atoms with E-state index in [9.17, 15) is 8.78 Å². The van der Waals surface area contributed by atoms with Crippen molar-refractivity contribution in [1.82, 2.24) is 0 Å². The first kappa shape index (κ1) is 12.9. The lowest BCUT2D eigenvalue weighted by Crippen LogP contribution is -1.96. The van der Waals surface area contributed by atoms with Gasteiger partial charge in [-0.15, -0.1) is 0 Å². The van der Waals surface area contributed by atoms with Crippen molar-refractivity contribution in [3.63, 3.8) is 0 Å². The summed E-state index contributed by atoms with van der Waals surface area (Å²) in [6.45, 7) is 0. The second kappa shape index (κ2) is 4.77. The molecule has 0 saturated carbocycles. The van der Waals surface area contributed by atoms with E-state index in [2.05, 4.69) is 11.8 Å². The second-order valence-electron chi connectivity index (χ2n) is 4.45. The van der Waals surface area contributed by atoms with Crippen molar-refractivity contribution in [3.05, 3.63) is 76.3 Å². The summed E-state index contributed by atoms with van der Waals surface area (Å²) in [6.07, 6.45) is 0. The molecule has 3 rings (SSSR count). The van der Waals surface area contributed by atoms with E-state index in [-0.39, 0.29) is 11.1 Å². The van der Waals surface area contributed by atoms with Crippen LogP contribution in [-0.4, -0.2) is 5.92 Å². The van der Waals surface area contributed by atoms with Crippen molar-refractivity contribution < 1.29 is 8.78 Å². The number of halogens is 3. The second-order valence-corrected chi connectivity index (χ2v) is 4.89. The van der Waals surface area contributed by atoms with Gasteiger partial charge in [-0.05, 0) is 29.8 Å². The number of hydrogen-bond donors (Lipinski definition) is 0. The van der Waals surface area contributed by atoms with Crippen molar-refractivity contribution in [2.24, 2.45) is 0 Å². The minimum absolute atomic E-state index is 0.0246. The van der Waals surface area contributed by atoms with Crippen LogP contribution in [0.25, 0.3) is 5.57 Å². The highest BCUT2D eigenvalue weighted by Gasteiger charge is 2.56. The summed E-state index contributed by atoms with van der Waals surface area (Å²) >= 11 is 5.83. The first-order valence-corrected chi connectivity index (χ1v) is 6.43. The van der Waals surface area contributed by atoms with Gasteiger partial charge in [0.2, 0.25) is 0 Å². The van der Waals surface area contributed by atoms with E-state index >= 15 is 0 Å². The summed E-state index contributed by atoms with van der Waals surface area (Å²) in [5.41, 5.74) is 1.00. The number of rotatable bonds is 1. The molecule has 0 amide bonds. The monoisotopic (exact) mass is 286 g/mol. The van der Waals surface area contributed by atoms with E-state index in [4.69, 9.17) is 11.6 Å². The number of benzene rings is 2. The van der Waals surface area contributed by atoms with Crippen molar-refractivity contribution >= 4 is 17.2 Å². The average Bonchev–Trinajstić information content (AvgIpc) is 2.99. The van der Waals surface area contributed by atoms with Crippen LogP contribution in [0.1, 0.15) is 11.1 Å². The van der Waals surface area contributed by atoms with Crippen LogP contribution in [0.2, 0.25) is 5.02 Å². The lowest BCUT2D eigenvalue weighted by molar-refractivity contribution is 0.153. The van der Waals surface area contributed by atoms with Crippen LogP contribution >= 0.6 is 11.6 Å². The Balaban J connectivity index is 1.95. The maximum atomic E-state index is 13.8. The zero-order valence-electron chi connectivity index (χ0n) is 10.3. The maximum Gasteiger partial charge on any atom is 0.308 e. The molecule has 0 aliphatic heterocycles. The minimum Gasteiger partial charge on any atom is -0.195 e. The van der Waals surface area contributed by atoms with Gasteiger partial charge in [-0.3, -0.25) is 0 Å². The van der Waals surface area contributed by atoms with E-state index in [1.54, 1.807) is 30.3 Å². The lowest BCUT2D eigenvalue weighted by Gasteiger charge is -1.97. The summed E-state index contributed by atoms with van der Waals surface area (Å²) in [7, 11) is 0. The van der Waals surface area contributed by atoms with Crippen LogP contribution in [-0.2, 0) is 0 Å². The van der Waals surface area contributed by atoms with Crippen LogP contribution in [0.15, 0.2) is 60.2 Å². The van der Waals surface area contributed by atoms with Crippen molar-refractivity contribution in [1.29, 1.82) is 0 Å². The quantitative estimate of drug-likeness (QED) is 0.661. The predicted octanol–water partition coefficient (Wildman–Crippen LogP) is 4.79. The Labute approximate surface area is 120 Å². The van der Waals surface area contributed by atoms with E-state index in [1.165, 1.54) is 6.07 Å². The Hall–Kier alpha value is -2.11. The van der Waals surface area contributed by atoms with Gasteiger partial charge in [-0.2, -0.15) is 8.78 Å². The maximum absolute atomic E-state index is 13.8. The molecule has 0 radical (unpaired) electrons. The molecule has 20 heavy (non-hydrogen) atoms. The molecule has 0 aromatic heterocycles. The van der Waals surface area contributed by atoms with Gasteiger partial charge in [0.1, 0.15) is 0 Å². The topological polar surface area (TPSA) is 0 Å². The highest BCUT2D eigenvalue weighted by atomic mass is 35.5. The molecular weight excluding hydrogens is 278 g/mol. The van der Waals surface area contributed by atoms with Crippen LogP contribution in [0, 0.1) is 11.8 Å². The molecule has 0 spiro atoms. The smallest absolute Gasteiger partial charge is 0.195 e. The Morgan fingerprint density at radius 2 is 1.65 bits per heavy atom.